The van der Waals surface area contributed by atoms with Gasteiger partial charge in [-0.1, -0.05) is 49.1 Å². The zero-order valence-electron chi connectivity index (χ0n) is 17.6. The summed E-state index contributed by atoms with van der Waals surface area (Å²) in [5.74, 6) is -0.582. The molecule has 1 aliphatic carbocycles. The highest BCUT2D eigenvalue weighted by Gasteiger charge is 2.51. The first-order valence-electron chi connectivity index (χ1n) is 10.8. The SMILES string of the molecule is O=C(CCN1C(=O)NC2(CCCCC2)C1=O)Nc1ccc(=O)n(Cc2ccccc2Cl)c1. The van der Waals surface area contributed by atoms with Gasteiger partial charge in [-0.15, -0.1) is 0 Å². The summed E-state index contributed by atoms with van der Waals surface area (Å²) in [6, 6.07) is 9.69. The van der Waals surface area contributed by atoms with E-state index < -0.39 is 11.6 Å². The lowest BCUT2D eigenvalue weighted by Gasteiger charge is -2.30. The largest absolute Gasteiger partial charge is 0.325 e. The van der Waals surface area contributed by atoms with Gasteiger partial charge in [0.1, 0.15) is 5.54 Å². The molecule has 4 amide bonds. The van der Waals surface area contributed by atoms with Gasteiger partial charge < -0.3 is 15.2 Å². The Labute approximate surface area is 190 Å². The molecule has 9 heteroatoms. The van der Waals surface area contributed by atoms with Crippen LogP contribution in [0.15, 0.2) is 47.4 Å². The number of hydrogen-bond donors (Lipinski definition) is 2. The molecule has 32 heavy (non-hydrogen) atoms. The Hall–Kier alpha value is -3.13. The molecule has 0 unspecified atom stereocenters. The van der Waals surface area contributed by atoms with E-state index in [9.17, 15) is 19.2 Å². The predicted octanol–water partition coefficient (Wildman–Crippen LogP) is 3.13. The van der Waals surface area contributed by atoms with E-state index in [0.29, 0.717) is 23.6 Å². The van der Waals surface area contributed by atoms with Crippen molar-refractivity contribution in [2.75, 3.05) is 11.9 Å². The number of pyridine rings is 1. The Balaban J connectivity index is 1.37. The number of rotatable bonds is 6. The second-order valence-corrected chi connectivity index (χ2v) is 8.71. The van der Waals surface area contributed by atoms with Crippen molar-refractivity contribution in [2.24, 2.45) is 0 Å². The average molecular weight is 457 g/mol. The van der Waals surface area contributed by atoms with E-state index in [1.165, 1.54) is 16.7 Å². The van der Waals surface area contributed by atoms with Crippen molar-refractivity contribution >= 4 is 35.1 Å². The molecule has 1 aromatic carbocycles. The van der Waals surface area contributed by atoms with Gasteiger partial charge >= 0.3 is 6.03 Å². The maximum absolute atomic E-state index is 12.8. The van der Waals surface area contributed by atoms with Crippen molar-refractivity contribution in [3.63, 3.8) is 0 Å². The van der Waals surface area contributed by atoms with Gasteiger partial charge in [-0.3, -0.25) is 19.3 Å². The summed E-state index contributed by atoms with van der Waals surface area (Å²) >= 11 is 6.18. The lowest BCUT2D eigenvalue weighted by molar-refractivity contribution is -0.132. The first-order valence-corrected chi connectivity index (χ1v) is 11.1. The third-order valence-corrected chi connectivity index (χ3v) is 6.45. The highest BCUT2D eigenvalue weighted by Crippen LogP contribution is 2.33. The van der Waals surface area contributed by atoms with Gasteiger partial charge in [0.05, 0.1) is 12.2 Å². The molecule has 0 bridgehead atoms. The van der Waals surface area contributed by atoms with Crippen LogP contribution in [0.3, 0.4) is 0 Å². The molecule has 0 atom stereocenters. The molecule has 1 aliphatic heterocycles. The van der Waals surface area contributed by atoms with Crippen LogP contribution in [0, 0.1) is 0 Å². The van der Waals surface area contributed by atoms with Gasteiger partial charge in [0.15, 0.2) is 0 Å². The maximum atomic E-state index is 12.8. The second-order valence-electron chi connectivity index (χ2n) is 8.30. The van der Waals surface area contributed by atoms with Crippen molar-refractivity contribution in [3.8, 4) is 0 Å². The smallest absolute Gasteiger partial charge is 0.325 e. The Kier molecular flexibility index (Phi) is 6.32. The fourth-order valence-corrected chi connectivity index (χ4v) is 4.54. The number of halogens is 1. The summed E-state index contributed by atoms with van der Waals surface area (Å²) in [5.41, 5.74) is 0.220. The van der Waals surface area contributed by atoms with Crippen LogP contribution >= 0.6 is 11.6 Å². The van der Waals surface area contributed by atoms with Gasteiger partial charge in [0, 0.05) is 30.3 Å². The fourth-order valence-electron chi connectivity index (χ4n) is 4.35. The summed E-state index contributed by atoms with van der Waals surface area (Å²) in [7, 11) is 0. The third-order valence-electron chi connectivity index (χ3n) is 6.08. The molecule has 1 spiro atoms. The highest BCUT2D eigenvalue weighted by atomic mass is 35.5. The van der Waals surface area contributed by atoms with E-state index in [1.807, 2.05) is 18.2 Å². The first-order chi connectivity index (χ1) is 15.4. The highest BCUT2D eigenvalue weighted by molar-refractivity contribution is 6.31. The van der Waals surface area contributed by atoms with Gasteiger partial charge in [0.25, 0.3) is 11.5 Å². The summed E-state index contributed by atoms with van der Waals surface area (Å²) < 4.78 is 1.46. The molecule has 1 saturated heterocycles. The molecule has 4 rings (SSSR count). The molecule has 2 heterocycles. The number of nitrogens with zero attached hydrogens (tertiary/aromatic N) is 2. The Morgan fingerprint density at radius 2 is 1.81 bits per heavy atom. The zero-order chi connectivity index (χ0) is 22.7. The quantitative estimate of drug-likeness (QED) is 0.652. The van der Waals surface area contributed by atoms with Crippen LogP contribution in [0.4, 0.5) is 10.5 Å². The fraction of sp³-hybridized carbons (Fsp3) is 0.391. The van der Waals surface area contributed by atoms with E-state index >= 15 is 0 Å². The van der Waals surface area contributed by atoms with E-state index in [1.54, 1.807) is 12.3 Å². The normalized spacial score (nSPS) is 17.5. The van der Waals surface area contributed by atoms with Crippen molar-refractivity contribution < 1.29 is 14.4 Å². The Morgan fingerprint density at radius 3 is 2.56 bits per heavy atom. The van der Waals surface area contributed by atoms with Crippen LogP contribution in [0.1, 0.15) is 44.1 Å². The zero-order valence-corrected chi connectivity index (χ0v) is 18.4. The number of amides is 4. The molecule has 0 radical (unpaired) electrons. The molecule has 2 aliphatic rings. The standard InChI is InChI=1S/C23H25ClN4O4/c24-18-7-3-2-6-16(18)14-27-15-17(8-9-20(27)30)25-19(29)10-13-28-21(31)23(26-22(28)32)11-4-1-5-12-23/h2-3,6-9,15H,1,4-5,10-14H2,(H,25,29)(H,26,32). The lowest BCUT2D eigenvalue weighted by atomic mass is 9.82. The van der Waals surface area contributed by atoms with Crippen molar-refractivity contribution in [1.29, 1.82) is 0 Å². The number of urea groups is 1. The van der Waals surface area contributed by atoms with Crippen LogP contribution in [-0.4, -0.2) is 39.4 Å². The van der Waals surface area contributed by atoms with Gasteiger partial charge in [-0.2, -0.15) is 0 Å². The minimum absolute atomic E-state index is 0.0114. The summed E-state index contributed by atoms with van der Waals surface area (Å²) in [6.07, 6.45) is 5.69. The topological polar surface area (TPSA) is 101 Å². The van der Waals surface area contributed by atoms with Gasteiger partial charge in [0.2, 0.25) is 5.91 Å². The Morgan fingerprint density at radius 1 is 1.06 bits per heavy atom. The number of hydrogen-bond acceptors (Lipinski definition) is 4. The molecule has 2 fully saturated rings. The van der Waals surface area contributed by atoms with Gasteiger partial charge in [-0.25, -0.2) is 4.79 Å². The number of carbonyl (C=O) groups is 3. The molecule has 8 nitrogen and oxygen atoms in total. The van der Waals surface area contributed by atoms with E-state index in [0.717, 1.165) is 29.7 Å². The van der Waals surface area contributed by atoms with Crippen LogP contribution < -0.4 is 16.2 Å². The van der Waals surface area contributed by atoms with Crippen molar-refractivity contribution in [3.05, 3.63) is 63.5 Å². The molecule has 1 saturated carbocycles. The number of imide groups is 1. The summed E-state index contributed by atoms with van der Waals surface area (Å²) in [6.45, 7) is 0.282. The van der Waals surface area contributed by atoms with Crippen LogP contribution in [-0.2, 0) is 16.1 Å². The van der Waals surface area contributed by atoms with Crippen molar-refractivity contribution in [1.82, 2.24) is 14.8 Å². The van der Waals surface area contributed by atoms with Gasteiger partial charge in [-0.05, 0) is 30.5 Å². The Bertz CT molecular complexity index is 1110. The number of aromatic nitrogens is 1. The molecule has 2 aromatic rings. The summed E-state index contributed by atoms with van der Waals surface area (Å²) in [5, 5.41) is 6.13. The number of anilines is 1. The second kappa shape index (κ2) is 9.16. The molecule has 1 aromatic heterocycles. The van der Waals surface area contributed by atoms with E-state index in [4.69, 9.17) is 11.6 Å². The van der Waals surface area contributed by atoms with Crippen LogP contribution in [0.2, 0.25) is 5.02 Å². The minimum Gasteiger partial charge on any atom is -0.325 e. The first kappa shape index (κ1) is 22.1. The number of benzene rings is 1. The number of nitrogens with one attached hydrogen (secondary N) is 2. The van der Waals surface area contributed by atoms with E-state index in [2.05, 4.69) is 10.6 Å². The van der Waals surface area contributed by atoms with Crippen molar-refractivity contribution in [2.45, 2.75) is 50.6 Å². The number of carbonyl (C=O) groups excluding carboxylic acids is 3. The maximum Gasteiger partial charge on any atom is 0.325 e. The molecular weight excluding hydrogens is 432 g/mol. The molecule has 2 N–H and O–H groups in total. The monoisotopic (exact) mass is 456 g/mol. The van der Waals surface area contributed by atoms with E-state index in [-0.39, 0.29) is 36.9 Å². The third kappa shape index (κ3) is 4.55. The summed E-state index contributed by atoms with van der Waals surface area (Å²) in [4.78, 5) is 51.0. The van der Waals surface area contributed by atoms with Crippen LogP contribution in [0.25, 0.3) is 0 Å². The average Bonchev–Trinajstić information content (AvgIpc) is 2.99. The molecular formula is C23H25ClN4O4. The van der Waals surface area contributed by atoms with Crippen LogP contribution in [0.5, 0.6) is 0 Å². The minimum atomic E-state index is -0.792. The molecule has 168 valence electrons. The lowest BCUT2D eigenvalue weighted by Crippen LogP contribution is -2.48. The predicted molar refractivity (Wildman–Crippen MR) is 121 cm³/mol.